The van der Waals surface area contributed by atoms with Crippen LogP contribution >= 0.6 is 0 Å². The molecule has 0 aromatic rings. The molecule has 0 aromatic heterocycles. The third-order valence-electron chi connectivity index (χ3n) is 1.31. The van der Waals surface area contributed by atoms with Crippen LogP contribution in [0.25, 0.3) is 0 Å². The minimum absolute atomic E-state index is 0.250. The van der Waals surface area contributed by atoms with Crippen molar-refractivity contribution in [2.75, 3.05) is 19.7 Å². The Bertz CT molecular complexity index is 50.9. The Balaban J connectivity index is 0.000000187. The van der Waals surface area contributed by atoms with Crippen molar-refractivity contribution in [3.63, 3.8) is 0 Å². The van der Waals surface area contributed by atoms with Crippen LogP contribution in [0.5, 0.6) is 0 Å². The average molecular weight is 131 g/mol. The molecule has 2 nitrogen and oxygen atoms in total. The molecule has 1 atom stereocenters. The lowest BCUT2D eigenvalue weighted by Crippen LogP contribution is -2.06. The van der Waals surface area contributed by atoms with Gasteiger partial charge in [0.15, 0.2) is 0 Å². The fraction of sp³-hybridized carbons (Fsp3) is 1.00. The Morgan fingerprint density at radius 1 is 1.67 bits per heavy atom. The van der Waals surface area contributed by atoms with Crippen molar-refractivity contribution in [3.05, 3.63) is 0 Å². The van der Waals surface area contributed by atoms with Crippen molar-refractivity contribution < 1.29 is 5.11 Å². The molecular formula is C7H17NO. The summed E-state index contributed by atoms with van der Waals surface area (Å²) in [6, 6.07) is 0. The summed E-state index contributed by atoms with van der Waals surface area (Å²) in [5.74, 6) is 0.935. The summed E-state index contributed by atoms with van der Waals surface area (Å²) < 4.78 is 0. The van der Waals surface area contributed by atoms with Gasteiger partial charge in [0, 0.05) is 6.61 Å². The lowest BCUT2D eigenvalue weighted by atomic mass is 10.2. The Hall–Kier alpha value is -0.0800. The summed E-state index contributed by atoms with van der Waals surface area (Å²) in [5.41, 5.74) is 0. The van der Waals surface area contributed by atoms with Crippen LogP contribution in [0.2, 0.25) is 0 Å². The van der Waals surface area contributed by atoms with Crippen molar-refractivity contribution in [2.45, 2.75) is 20.3 Å². The second kappa shape index (κ2) is 6.05. The first-order chi connectivity index (χ1) is 4.31. The molecule has 0 radical (unpaired) electrons. The molecule has 0 aliphatic carbocycles. The number of aliphatic hydroxyl groups excluding tert-OH is 1. The minimum Gasteiger partial charge on any atom is -0.397 e. The van der Waals surface area contributed by atoms with E-state index in [-0.39, 0.29) is 6.61 Å². The van der Waals surface area contributed by atoms with Gasteiger partial charge in [-0.25, -0.2) is 0 Å². The van der Waals surface area contributed by atoms with E-state index >= 15 is 0 Å². The Labute approximate surface area is 57.3 Å². The van der Waals surface area contributed by atoms with Crippen LogP contribution in [-0.4, -0.2) is 24.8 Å². The first kappa shape index (κ1) is 8.92. The smallest absolute Gasteiger partial charge is 0.0402 e. The molecular weight excluding hydrogens is 114 g/mol. The van der Waals surface area contributed by atoms with Crippen LogP contribution in [0.1, 0.15) is 20.3 Å². The molecule has 1 aliphatic rings. The molecule has 0 unspecified atom stereocenters. The zero-order chi connectivity index (χ0) is 7.11. The number of rotatable bonds is 0. The summed E-state index contributed by atoms with van der Waals surface area (Å²) in [7, 11) is 0. The second-order valence-electron chi connectivity index (χ2n) is 2.41. The summed E-state index contributed by atoms with van der Waals surface area (Å²) in [5, 5.41) is 10.8. The van der Waals surface area contributed by atoms with Crippen molar-refractivity contribution in [1.82, 2.24) is 5.32 Å². The lowest BCUT2D eigenvalue weighted by molar-refractivity contribution is 0.318. The van der Waals surface area contributed by atoms with E-state index in [1.165, 1.54) is 19.5 Å². The summed E-state index contributed by atoms with van der Waals surface area (Å²) >= 11 is 0. The molecule has 2 N–H and O–H groups in total. The summed E-state index contributed by atoms with van der Waals surface area (Å²) in [6.45, 7) is 6.68. The molecule has 9 heavy (non-hydrogen) atoms. The van der Waals surface area contributed by atoms with E-state index in [1.54, 1.807) is 6.92 Å². The minimum atomic E-state index is 0.250. The first-order valence-electron chi connectivity index (χ1n) is 3.62. The molecule has 1 fully saturated rings. The van der Waals surface area contributed by atoms with E-state index in [0.29, 0.717) is 0 Å². The van der Waals surface area contributed by atoms with E-state index in [4.69, 9.17) is 5.11 Å². The number of hydrogen-bond acceptors (Lipinski definition) is 2. The van der Waals surface area contributed by atoms with Gasteiger partial charge in [-0.3, -0.25) is 0 Å². The highest BCUT2D eigenvalue weighted by molar-refractivity contribution is 4.65. The van der Waals surface area contributed by atoms with Crippen molar-refractivity contribution >= 4 is 0 Å². The number of hydrogen-bond donors (Lipinski definition) is 2. The summed E-state index contributed by atoms with van der Waals surface area (Å²) in [6.07, 6.45) is 1.38. The van der Waals surface area contributed by atoms with Crippen LogP contribution in [0.4, 0.5) is 0 Å². The fourth-order valence-corrected chi connectivity index (χ4v) is 0.799. The lowest BCUT2D eigenvalue weighted by Gasteiger charge is -1.90. The molecule has 1 saturated heterocycles. The molecule has 1 aliphatic heterocycles. The van der Waals surface area contributed by atoms with Crippen molar-refractivity contribution in [2.24, 2.45) is 5.92 Å². The van der Waals surface area contributed by atoms with Gasteiger partial charge in [0.2, 0.25) is 0 Å². The Morgan fingerprint density at radius 2 is 2.22 bits per heavy atom. The molecule has 56 valence electrons. The standard InChI is InChI=1S/C5H11N.C2H6O/c1-5-2-3-6-4-5;1-2-3/h5-6H,2-4H2,1H3;3H,2H2,1H3/t5-;/m1./s1. The second-order valence-corrected chi connectivity index (χ2v) is 2.41. The van der Waals surface area contributed by atoms with Crippen LogP contribution in [-0.2, 0) is 0 Å². The molecule has 2 heteroatoms. The average Bonchev–Trinajstić information content (AvgIpc) is 2.20. The maximum atomic E-state index is 7.57. The van der Waals surface area contributed by atoms with E-state index in [1.807, 2.05) is 0 Å². The SMILES string of the molecule is CCO.C[C@@H]1CCNC1. The van der Waals surface area contributed by atoms with E-state index < -0.39 is 0 Å². The van der Waals surface area contributed by atoms with Gasteiger partial charge in [0.05, 0.1) is 0 Å². The predicted octanol–water partition coefficient (Wildman–Crippen LogP) is 0.614. The van der Waals surface area contributed by atoms with E-state index in [2.05, 4.69) is 12.2 Å². The van der Waals surface area contributed by atoms with Gasteiger partial charge < -0.3 is 10.4 Å². The molecule has 1 heterocycles. The maximum Gasteiger partial charge on any atom is 0.0402 e. The normalized spacial score (nSPS) is 25.0. The zero-order valence-electron chi connectivity index (χ0n) is 6.35. The van der Waals surface area contributed by atoms with Gasteiger partial charge in [0.1, 0.15) is 0 Å². The quantitative estimate of drug-likeness (QED) is 0.505. The highest BCUT2D eigenvalue weighted by Gasteiger charge is 2.06. The van der Waals surface area contributed by atoms with E-state index in [0.717, 1.165) is 5.92 Å². The number of aliphatic hydroxyl groups is 1. The number of nitrogens with one attached hydrogen (secondary N) is 1. The van der Waals surface area contributed by atoms with Gasteiger partial charge in [-0.05, 0) is 32.4 Å². The zero-order valence-corrected chi connectivity index (χ0v) is 6.35. The molecule has 0 bridgehead atoms. The monoisotopic (exact) mass is 131 g/mol. The Morgan fingerprint density at radius 3 is 2.33 bits per heavy atom. The first-order valence-corrected chi connectivity index (χ1v) is 3.62. The van der Waals surface area contributed by atoms with E-state index in [9.17, 15) is 0 Å². The molecule has 0 aromatic carbocycles. The van der Waals surface area contributed by atoms with Gasteiger partial charge in [-0.2, -0.15) is 0 Å². The Kier molecular flexibility index (Phi) is 5.99. The molecule has 0 saturated carbocycles. The van der Waals surface area contributed by atoms with Gasteiger partial charge in [-0.1, -0.05) is 6.92 Å². The highest BCUT2D eigenvalue weighted by Crippen LogP contribution is 2.03. The van der Waals surface area contributed by atoms with Gasteiger partial charge >= 0.3 is 0 Å². The third kappa shape index (κ3) is 5.80. The topological polar surface area (TPSA) is 32.3 Å². The predicted molar refractivity (Wildman–Crippen MR) is 39.4 cm³/mol. The molecule has 0 amide bonds. The van der Waals surface area contributed by atoms with Crippen LogP contribution in [0.3, 0.4) is 0 Å². The molecule has 1 rings (SSSR count). The van der Waals surface area contributed by atoms with Crippen LogP contribution in [0.15, 0.2) is 0 Å². The summed E-state index contributed by atoms with van der Waals surface area (Å²) in [4.78, 5) is 0. The van der Waals surface area contributed by atoms with Gasteiger partial charge in [-0.15, -0.1) is 0 Å². The third-order valence-corrected chi connectivity index (χ3v) is 1.31. The fourth-order valence-electron chi connectivity index (χ4n) is 0.799. The maximum absolute atomic E-state index is 7.57. The van der Waals surface area contributed by atoms with Crippen molar-refractivity contribution in [3.8, 4) is 0 Å². The van der Waals surface area contributed by atoms with Crippen molar-refractivity contribution in [1.29, 1.82) is 0 Å². The highest BCUT2D eigenvalue weighted by atomic mass is 16.2. The van der Waals surface area contributed by atoms with Crippen LogP contribution < -0.4 is 5.32 Å². The molecule has 0 spiro atoms. The largest absolute Gasteiger partial charge is 0.397 e. The van der Waals surface area contributed by atoms with Crippen LogP contribution in [0, 0.1) is 5.92 Å². The van der Waals surface area contributed by atoms with Gasteiger partial charge in [0.25, 0.3) is 0 Å².